The van der Waals surface area contributed by atoms with Crippen molar-refractivity contribution >= 4 is 11.8 Å². The molecule has 158 valence electrons. The Kier molecular flexibility index (Phi) is 6.57. The monoisotopic (exact) mass is 398 g/mol. The first kappa shape index (κ1) is 21.3. The van der Waals surface area contributed by atoms with E-state index in [4.69, 9.17) is 5.10 Å². The van der Waals surface area contributed by atoms with Gasteiger partial charge in [-0.1, -0.05) is 39.7 Å². The third-order valence-corrected chi connectivity index (χ3v) is 5.39. The fraction of sp³-hybridized carbons (Fsp3) is 0.591. The van der Waals surface area contributed by atoms with Crippen molar-refractivity contribution in [3.8, 4) is 5.82 Å². The molecular weight excluding hydrogens is 364 g/mol. The van der Waals surface area contributed by atoms with E-state index in [0.29, 0.717) is 24.2 Å². The van der Waals surface area contributed by atoms with Gasteiger partial charge < -0.3 is 9.80 Å². The Morgan fingerprint density at radius 3 is 2.52 bits per heavy atom. The van der Waals surface area contributed by atoms with Crippen LogP contribution >= 0.6 is 0 Å². The van der Waals surface area contributed by atoms with E-state index in [1.807, 2.05) is 43.3 Å². The summed E-state index contributed by atoms with van der Waals surface area (Å²) >= 11 is 0. The summed E-state index contributed by atoms with van der Waals surface area (Å²) in [6.07, 6.45) is 6.27. The summed E-state index contributed by atoms with van der Waals surface area (Å²) in [6, 6.07) is 7.91. The number of nitrogens with one attached hydrogen (secondary N) is 1. The van der Waals surface area contributed by atoms with E-state index < -0.39 is 0 Å². The molecule has 1 fully saturated rings. The summed E-state index contributed by atoms with van der Waals surface area (Å²) in [7, 11) is 4.08. The highest BCUT2D eigenvalue weighted by atomic mass is 16.2. The number of nitrogens with zero attached hydrogens (tertiary/aromatic N) is 5. The second-order valence-corrected chi connectivity index (χ2v) is 9.13. The summed E-state index contributed by atoms with van der Waals surface area (Å²) in [5.41, 5.74) is 0.786. The Morgan fingerprint density at radius 1 is 1.21 bits per heavy atom. The average molecular weight is 399 g/mol. The van der Waals surface area contributed by atoms with Crippen molar-refractivity contribution in [1.82, 2.24) is 24.6 Å². The van der Waals surface area contributed by atoms with E-state index in [2.05, 4.69) is 36.0 Å². The molecule has 1 aliphatic rings. The molecule has 0 aliphatic heterocycles. The first-order valence-corrected chi connectivity index (χ1v) is 10.5. The number of urea groups is 1. The Labute approximate surface area is 174 Å². The Balaban J connectivity index is 1.88. The number of hydrogen-bond acceptors (Lipinski definition) is 4. The number of carbonyl (C=O) groups is 1. The molecule has 29 heavy (non-hydrogen) atoms. The van der Waals surface area contributed by atoms with Crippen LogP contribution in [0.2, 0.25) is 0 Å². The summed E-state index contributed by atoms with van der Waals surface area (Å²) in [5.74, 6) is 1.35. The highest BCUT2D eigenvalue weighted by molar-refractivity contribution is 5.89. The minimum Gasteiger partial charge on any atom is -0.320 e. The smallest absolute Gasteiger partial charge is 0.320 e. The number of carbonyl (C=O) groups excluding carboxylic acids is 1. The SMILES string of the molecule is CN(C)CCN(C(=O)Nc1cc(C(C)(C)C)nn1-c1ccccn1)C1CCCC1. The minimum atomic E-state index is -0.129. The molecule has 0 radical (unpaired) electrons. The van der Waals surface area contributed by atoms with E-state index >= 15 is 0 Å². The van der Waals surface area contributed by atoms with Gasteiger partial charge in [0.15, 0.2) is 5.82 Å². The maximum atomic E-state index is 13.3. The number of likely N-dealkylation sites (N-methyl/N-ethyl adjacent to an activating group) is 1. The molecule has 0 atom stereocenters. The van der Waals surface area contributed by atoms with E-state index in [-0.39, 0.29) is 11.4 Å². The molecule has 1 aliphatic carbocycles. The average Bonchev–Trinajstić information content (AvgIpc) is 3.32. The summed E-state index contributed by atoms with van der Waals surface area (Å²) in [4.78, 5) is 21.8. The summed E-state index contributed by atoms with van der Waals surface area (Å²) < 4.78 is 1.73. The lowest BCUT2D eigenvalue weighted by molar-refractivity contribution is 0.180. The van der Waals surface area contributed by atoms with Crippen LogP contribution in [0.25, 0.3) is 5.82 Å². The van der Waals surface area contributed by atoms with Gasteiger partial charge in [-0.25, -0.2) is 9.78 Å². The van der Waals surface area contributed by atoms with Gasteiger partial charge in [0.25, 0.3) is 0 Å². The van der Waals surface area contributed by atoms with Crippen LogP contribution in [-0.2, 0) is 5.41 Å². The standard InChI is InChI=1S/C22H34N6O/c1-22(2,3)18-16-20(28(25-18)19-12-8-9-13-23-19)24-21(29)27(15-14-26(4)5)17-10-6-7-11-17/h8-9,12-13,16-17H,6-7,10-11,14-15H2,1-5H3,(H,24,29). The normalized spacial score (nSPS) is 15.1. The first-order chi connectivity index (χ1) is 13.8. The van der Waals surface area contributed by atoms with Gasteiger partial charge in [0, 0.05) is 36.8 Å². The lowest BCUT2D eigenvalue weighted by Crippen LogP contribution is -2.45. The molecule has 0 bridgehead atoms. The topological polar surface area (TPSA) is 66.3 Å². The summed E-state index contributed by atoms with van der Waals surface area (Å²) in [6.45, 7) is 7.91. The third-order valence-electron chi connectivity index (χ3n) is 5.39. The highest BCUT2D eigenvalue weighted by Gasteiger charge is 2.28. The molecule has 0 unspecified atom stereocenters. The van der Waals surface area contributed by atoms with Crippen LogP contribution in [0.4, 0.5) is 10.6 Å². The Hall–Kier alpha value is -2.41. The number of amides is 2. The molecule has 2 aromatic heterocycles. The van der Waals surface area contributed by atoms with E-state index in [9.17, 15) is 4.79 Å². The van der Waals surface area contributed by atoms with E-state index in [1.165, 1.54) is 12.8 Å². The second kappa shape index (κ2) is 8.95. The molecule has 7 heteroatoms. The molecule has 0 spiro atoms. The third kappa shape index (κ3) is 5.35. The first-order valence-electron chi connectivity index (χ1n) is 10.5. The zero-order chi connectivity index (χ0) is 21.0. The minimum absolute atomic E-state index is 0.0590. The van der Waals surface area contributed by atoms with Crippen LogP contribution in [0.3, 0.4) is 0 Å². The molecular formula is C22H34N6O. The molecule has 7 nitrogen and oxygen atoms in total. The zero-order valence-electron chi connectivity index (χ0n) is 18.4. The highest BCUT2D eigenvalue weighted by Crippen LogP contribution is 2.27. The predicted octanol–water partition coefficient (Wildman–Crippen LogP) is 3.90. The van der Waals surface area contributed by atoms with Gasteiger partial charge in [0.2, 0.25) is 0 Å². The Bertz CT molecular complexity index is 802. The van der Waals surface area contributed by atoms with Crippen molar-refractivity contribution in [2.24, 2.45) is 0 Å². The van der Waals surface area contributed by atoms with E-state index in [1.54, 1.807) is 10.9 Å². The molecule has 2 aromatic rings. The number of pyridine rings is 1. The maximum absolute atomic E-state index is 13.3. The maximum Gasteiger partial charge on any atom is 0.323 e. The molecule has 0 saturated heterocycles. The second-order valence-electron chi connectivity index (χ2n) is 9.13. The predicted molar refractivity (Wildman–Crippen MR) is 117 cm³/mol. The van der Waals surface area contributed by atoms with Gasteiger partial charge >= 0.3 is 6.03 Å². The van der Waals surface area contributed by atoms with E-state index in [0.717, 1.165) is 25.1 Å². The van der Waals surface area contributed by atoms with Crippen molar-refractivity contribution in [2.45, 2.75) is 57.9 Å². The van der Waals surface area contributed by atoms with Gasteiger partial charge in [0.05, 0.1) is 5.69 Å². The largest absolute Gasteiger partial charge is 0.323 e. The Morgan fingerprint density at radius 2 is 1.93 bits per heavy atom. The summed E-state index contributed by atoms with van der Waals surface area (Å²) in [5, 5.41) is 7.88. The fourth-order valence-corrected chi connectivity index (χ4v) is 3.65. The van der Waals surface area contributed by atoms with Gasteiger partial charge in [0.1, 0.15) is 5.82 Å². The van der Waals surface area contributed by atoms with Crippen LogP contribution in [0.5, 0.6) is 0 Å². The van der Waals surface area contributed by atoms with Crippen molar-refractivity contribution in [3.05, 3.63) is 36.2 Å². The van der Waals surface area contributed by atoms with Crippen molar-refractivity contribution < 1.29 is 4.79 Å². The van der Waals surface area contributed by atoms with Crippen LogP contribution in [-0.4, -0.2) is 63.8 Å². The lowest BCUT2D eigenvalue weighted by Gasteiger charge is -2.30. The van der Waals surface area contributed by atoms with Gasteiger partial charge in [-0.05, 0) is 39.1 Å². The zero-order valence-corrected chi connectivity index (χ0v) is 18.4. The van der Waals surface area contributed by atoms with Crippen LogP contribution in [0, 0.1) is 0 Å². The number of hydrogen-bond donors (Lipinski definition) is 1. The molecule has 0 aromatic carbocycles. The number of anilines is 1. The van der Waals surface area contributed by atoms with Crippen LogP contribution in [0.15, 0.2) is 30.5 Å². The molecule has 2 amide bonds. The fourth-order valence-electron chi connectivity index (χ4n) is 3.65. The molecule has 1 saturated carbocycles. The number of rotatable bonds is 6. The van der Waals surface area contributed by atoms with Crippen molar-refractivity contribution in [3.63, 3.8) is 0 Å². The molecule has 2 heterocycles. The molecule has 1 N–H and O–H groups in total. The van der Waals surface area contributed by atoms with Crippen LogP contribution < -0.4 is 5.32 Å². The van der Waals surface area contributed by atoms with Crippen molar-refractivity contribution in [1.29, 1.82) is 0 Å². The van der Waals surface area contributed by atoms with Gasteiger partial charge in [-0.15, -0.1) is 0 Å². The van der Waals surface area contributed by atoms with Crippen LogP contribution in [0.1, 0.15) is 52.1 Å². The quantitative estimate of drug-likeness (QED) is 0.801. The number of aromatic nitrogens is 3. The van der Waals surface area contributed by atoms with Gasteiger partial charge in [-0.2, -0.15) is 9.78 Å². The lowest BCUT2D eigenvalue weighted by atomic mass is 9.92. The van der Waals surface area contributed by atoms with Crippen molar-refractivity contribution in [2.75, 3.05) is 32.5 Å². The molecule has 3 rings (SSSR count). The van der Waals surface area contributed by atoms with Gasteiger partial charge in [-0.3, -0.25) is 5.32 Å².